The summed E-state index contributed by atoms with van der Waals surface area (Å²) in [7, 11) is 0. The van der Waals surface area contributed by atoms with E-state index in [2.05, 4.69) is 71.3 Å². The number of benzene rings is 2. The molecule has 29 heavy (non-hydrogen) atoms. The predicted octanol–water partition coefficient (Wildman–Crippen LogP) is 4.58. The van der Waals surface area contributed by atoms with E-state index in [1.807, 2.05) is 10.9 Å². The maximum absolute atomic E-state index is 6.18. The van der Waals surface area contributed by atoms with Crippen LogP contribution in [0.25, 0.3) is 27.5 Å². The van der Waals surface area contributed by atoms with Crippen molar-refractivity contribution in [1.29, 1.82) is 0 Å². The van der Waals surface area contributed by atoms with E-state index < -0.39 is 0 Å². The number of fused-ring (bicyclic) bond motifs is 3. The number of aryl methyl sites for hydroxylation is 2. The molecule has 0 bridgehead atoms. The standard InChI is InChI=1S/C24H28N4O/c1-3-27-23-6-4-17(2)14-21(23)22-15-18(5-7-24(22)27)28-19(8-13-26-28)16-29-20-9-11-25-12-10-20/h4-8,13-15,20,25H,3,9-12,16H2,1-2H3. The fourth-order valence-corrected chi connectivity index (χ4v) is 4.52. The van der Waals surface area contributed by atoms with Crippen LogP contribution in [0.2, 0.25) is 0 Å². The highest BCUT2D eigenvalue weighted by molar-refractivity contribution is 6.08. The molecule has 2 aromatic carbocycles. The molecule has 1 aliphatic rings. The Hall–Kier alpha value is -2.63. The molecule has 150 valence electrons. The molecule has 0 radical (unpaired) electrons. The van der Waals surface area contributed by atoms with Crippen molar-refractivity contribution < 1.29 is 4.74 Å². The molecule has 0 atom stereocenters. The quantitative estimate of drug-likeness (QED) is 0.544. The minimum Gasteiger partial charge on any atom is -0.372 e. The Morgan fingerprint density at radius 2 is 1.79 bits per heavy atom. The first kappa shape index (κ1) is 18.4. The Labute approximate surface area is 171 Å². The van der Waals surface area contributed by atoms with Crippen molar-refractivity contribution in [2.24, 2.45) is 0 Å². The van der Waals surface area contributed by atoms with E-state index in [4.69, 9.17) is 4.74 Å². The zero-order valence-electron chi connectivity index (χ0n) is 17.2. The van der Waals surface area contributed by atoms with Gasteiger partial charge in [-0.3, -0.25) is 0 Å². The summed E-state index contributed by atoms with van der Waals surface area (Å²) in [6.45, 7) is 8.00. The number of rotatable bonds is 5. The number of aromatic nitrogens is 3. The second-order valence-corrected chi connectivity index (χ2v) is 7.96. The largest absolute Gasteiger partial charge is 0.372 e. The highest BCUT2D eigenvalue weighted by atomic mass is 16.5. The number of hydrogen-bond acceptors (Lipinski definition) is 3. The van der Waals surface area contributed by atoms with E-state index in [1.54, 1.807) is 0 Å². The Kier molecular flexibility index (Phi) is 4.86. The summed E-state index contributed by atoms with van der Waals surface area (Å²) < 4.78 is 10.6. The Balaban J connectivity index is 1.52. The first-order chi connectivity index (χ1) is 14.2. The van der Waals surface area contributed by atoms with Gasteiger partial charge in [0.15, 0.2) is 0 Å². The van der Waals surface area contributed by atoms with E-state index in [0.29, 0.717) is 12.7 Å². The SMILES string of the molecule is CCn1c2ccc(C)cc2c2cc(-n3nccc3COC3CCNCC3)ccc21. The van der Waals surface area contributed by atoms with Crippen molar-refractivity contribution >= 4 is 21.8 Å². The van der Waals surface area contributed by atoms with Gasteiger partial charge < -0.3 is 14.6 Å². The van der Waals surface area contributed by atoms with E-state index in [-0.39, 0.29) is 0 Å². The molecular weight excluding hydrogens is 360 g/mol. The van der Waals surface area contributed by atoms with E-state index in [9.17, 15) is 0 Å². The van der Waals surface area contributed by atoms with Crippen LogP contribution in [-0.2, 0) is 17.9 Å². The molecule has 5 heteroatoms. The summed E-state index contributed by atoms with van der Waals surface area (Å²) in [5.74, 6) is 0. The van der Waals surface area contributed by atoms with Gasteiger partial charge in [0.2, 0.25) is 0 Å². The average Bonchev–Trinajstić information content (AvgIpc) is 3.34. The number of nitrogens with one attached hydrogen (secondary N) is 1. The van der Waals surface area contributed by atoms with Crippen molar-refractivity contribution in [3.63, 3.8) is 0 Å². The number of nitrogens with zero attached hydrogens (tertiary/aromatic N) is 3. The minimum absolute atomic E-state index is 0.340. The third kappa shape index (κ3) is 3.34. The fraction of sp³-hybridized carbons (Fsp3) is 0.375. The van der Waals surface area contributed by atoms with Gasteiger partial charge in [0.1, 0.15) is 0 Å². The van der Waals surface area contributed by atoms with Crippen LogP contribution in [0.1, 0.15) is 31.0 Å². The lowest BCUT2D eigenvalue weighted by Gasteiger charge is -2.23. The molecule has 1 N–H and O–H groups in total. The van der Waals surface area contributed by atoms with Gasteiger partial charge in [0, 0.05) is 34.5 Å². The smallest absolute Gasteiger partial charge is 0.0893 e. The van der Waals surface area contributed by atoms with Crippen LogP contribution in [0.3, 0.4) is 0 Å². The van der Waals surface area contributed by atoms with Crippen LogP contribution >= 0.6 is 0 Å². The van der Waals surface area contributed by atoms with Crippen LogP contribution in [0.15, 0.2) is 48.7 Å². The van der Waals surface area contributed by atoms with Gasteiger partial charge in [0.25, 0.3) is 0 Å². The van der Waals surface area contributed by atoms with Gasteiger partial charge in [-0.15, -0.1) is 0 Å². The van der Waals surface area contributed by atoms with Gasteiger partial charge in [0.05, 0.1) is 24.1 Å². The molecule has 0 spiro atoms. The Morgan fingerprint density at radius 3 is 2.59 bits per heavy atom. The van der Waals surface area contributed by atoms with Gasteiger partial charge in [-0.1, -0.05) is 11.6 Å². The number of ether oxygens (including phenoxy) is 1. The van der Waals surface area contributed by atoms with E-state index in [1.165, 1.54) is 27.4 Å². The molecule has 0 saturated carbocycles. The normalized spacial score (nSPS) is 15.5. The van der Waals surface area contributed by atoms with Crippen molar-refractivity contribution in [2.45, 2.75) is 45.9 Å². The molecule has 0 unspecified atom stereocenters. The lowest BCUT2D eigenvalue weighted by molar-refractivity contribution is 0.0187. The molecule has 3 heterocycles. The summed E-state index contributed by atoms with van der Waals surface area (Å²) >= 11 is 0. The highest BCUT2D eigenvalue weighted by Crippen LogP contribution is 2.31. The zero-order valence-corrected chi connectivity index (χ0v) is 17.2. The zero-order chi connectivity index (χ0) is 19.8. The molecule has 5 rings (SSSR count). The summed E-state index contributed by atoms with van der Waals surface area (Å²) in [5.41, 5.74) is 6.03. The summed E-state index contributed by atoms with van der Waals surface area (Å²) in [5, 5.41) is 10.6. The molecule has 0 amide bonds. The third-order valence-corrected chi connectivity index (χ3v) is 6.04. The van der Waals surface area contributed by atoms with Crippen molar-refractivity contribution in [1.82, 2.24) is 19.7 Å². The first-order valence-corrected chi connectivity index (χ1v) is 10.6. The molecule has 1 saturated heterocycles. The van der Waals surface area contributed by atoms with E-state index in [0.717, 1.165) is 43.9 Å². The van der Waals surface area contributed by atoms with Crippen molar-refractivity contribution in [3.8, 4) is 5.69 Å². The second kappa shape index (κ2) is 7.65. The van der Waals surface area contributed by atoms with Gasteiger partial charge in [-0.25, -0.2) is 4.68 Å². The minimum atomic E-state index is 0.340. The van der Waals surface area contributed by atoms with Crippen molar-refractivity contribution in [3.05, 3.63) is 59.9 Å². The summed E-state index contributed by atoms with van der Waals surface area (Å²) in [6, 6.07) is 15.4. The number of piperidine rings is 1. The lowest BCUT2D eigenvalue weighted by atomic mass is 10.1. The maximum Gasteiger partial charge on any atom is 0.0893 e. The maximum atomic E-state index is 6.18. The van der Waals surface area contributed by atoms with Gasteiger partial charge >= 0.3 is 0 Å². The number of hydrogen-bond donors (Lipinski definition) is 1. The lowest BCUT2D eigenvalue weighted by Crippen LogP contribution is -2.32. The van der Waals surface area contributed by atoms with E-state index >= 15 is 0 Å². The fourth-order valence-electron chi connectivity index (χ4n) is 4.52. The predicted molar refractivity (Wildman–Crippen MR) is 118 cm³/mol. The summed E-state index contributed by atoms with van der Waals surface area (Å²) in [4.78, 5) is 0. The molecule has 5 nitrogen and oxygen atoms in total. The van der Waals surface area contributed by atoms with Crippen LogP contribution in [0.5, 0.6) is 0 Å². The molecule has 1 fully saturated rings. The van der Waals surface area contributed by atoms with Gasteiger partial charge in [-0.2, -0.15) is 5.10 Å². The Morgan fingerprint density at radius 1 is 1.03 bits per heavy atom. The molecule has 2 aromatic heterocycles. The van der Waals surface area contributed by atoms with Crippen LogP contribution in [0.4, 0.5) is 0 Å². The molecule has 4 aromatic rings. The Bertz CT molecular complexity index is 1150. The third-order valence-electron chi connectivity index (χ3n) is 6.04. The van der Waals surface area contributed by atoms with Crippen LogP contribution < -0.4 is 5.32 Å². The molecule has 0 aliphatic carbocycles. The molecular formula is C24H28N4O. The second-order valence-electron chi connectivity index (χ2n) is 7.96. The molecule has 1 aliphatic heterocycles. The van der Waals surface area contributed by atoms with Gasteiger partial charge in [-0.05, 0) is 76.2 Å². The van der Waals surface area contributed by atoms with Crippen molar-refractivity contribution in [2.75, 3.05) is 13.1 Å². The topological polar surface area (TPSA) is 44.0 Å². The average molecular weight is 389 g/mol. The van der Waals surface area contributed by atoms with Crippen LogP contribution in [-0.4, -0.2) is 33.5 Å². The highest BCUT2D eigenvalue weighted by Gasteiger charge is 2.16. The first-order valence-electron chi connectivity index (χ1n) is 10.6. The monoisotopic (exact) mass is 388 g/mol. The van der Waals surface area contributed by atoms with Crippen LogP contribution in [0, 0.1) is 6.92 Å². The summed E-state index contributed by atoms with van der Waals surface area (Å²) in [6.07, 6.45) is 4.36.